The number of aromatic nitrogens is 2. The fourth-order valence-electron chi connectivity index (χ4n) is 3.16. The van der Waals surface area contributed by atoms with Crippen LogP contribution in [0.25, 0.3) is 16.9 Å². The number of carbonyl (C=O) groups is 1. The highest BCUT2D eigenvalue weighted by atomic mass is 32.2. The minimum absolute atomic E-state index is 0.0435. The van der Waals surface area contributed by atoms with Crippen LogP contribution in [0.5, 0.6) is 0 Å². The molecule has 0 amide bonds. The molecular formula is C24H21N3O4S. The fraction of sp³-hybridized carbons (Fsp3) is 0.0833. The Morgan fingerprint density at radius 2 is 1.56 bits per heavy atom. The van der Waals surface area contributed by atoms with Crippen molar-refractivity contribution in [2.24, 2.45) is 0 Å². The lowest BCUT2D eigenvalue weighted by molar-refractivity contribution is 0.0526. The molecule has 1 aromatic heterocycles. The Labute approximate surface area is 186 Å². The van der Waals surface area contributed by atoms with Gasteiger partial charge in [0.2, 0.25) is 0 Å². The highest BCUT2D eigenvalue weighted by Gasteiger charge is 2.24. The lowest BCUT2D eigenvalue weighted by Gasteiger charge is -2.09. The van der Waals surface area contributed by atoms with Gasteiger partial charge in [-0.3, -0.25) is 4.72 Å². The second kappa shape index (κ2) is 9.07. The zero-order chi connectivity index (χ0) is 22.6. The van der Waals surface area contributed by atoms with Gasteiger partial charge in [0.05, 0.1) is 24.1 Å². The third-order valence-corrected chi connectivity index (χ3v) is 6.07. The number of nitrogens with zero attached hydrogens (tertiary/aromatic N) is 2. The summed E-state index contributed by atoms with van der Waals surface area (Å²) in [5.41, 5.74) is 2.43. The average Bonchev–Trinajstić information content (AvgIpc) is 3.27. The van der Waals surface area contributed by atoms with E-state index in [2.05, 4.69) is 9.82 Å². The van der Waals surface area contributed by atoms with E-state index in [0.29, 0.717) is 22.5 Å². The summed E-state index contributed by atoms with van der Waals surface area (Å²) < 4.78 is 35.7. The highest BCUT2D eigenvalue weighted by molar-refractivity contribution is 7.92. The normalized spacial score (nSPS) is 11.2. The van der Waals surface area contributed by atoms with Gasteiger partial charge in [-0.15, -0.1) is 0 Å². The topological polar surface area (TPSA) is 90.3 Å². The SMILES string of the molecule is CCOC(=O)c1ccc(NS(=O)(=O)c2cn(-c3ccccc3)nc2-c2ccccc2)cc1. The van der Waals surface area contributed by atoms with Crippen LogP contribution in [-0.2, 0) is 14.8 Å². The van der Waals surface area contributed by atoms with Gasteiger partial charge in [-0.1, -0.05) is 48.5 Å². The molecule has 32 heavy (non-hydrogen) atoms. The van der Waals surface area contributed by atoms with Crippen molar-refractivity contribution < 1.29 is 17.9 Å². The van der Waals surface area contributed by atoms with Crippen molar-refractivity contribution in [2.75, 3.05) is 11.3 Å². The predicted octanol–water partition coefficient (Wildman–Crippen LogP) is 4.52. The van der Waals surface area contributed by atoms with E-state index in [0.717, 1.165) is 5.69 Å². The van der Waals surface area contributed by atoms with Crippen LogP contribution in [-0.4, -0.2) is 30.8 Å². The van der Waals surface area contributed by atoms with E-state index in [1.807, 2.05) is 60.7 Å². The van der Waals surface area contributed by atoms with Crippen molar-refractivity contribution in [3.05, 3.63) is 96.7 Å². The first-order valence-electron chi connectivity index (χ1n) is 9.98. The predicted molar refractivity (Wildman–Crippen MR) is 122 cm³/mol. The molecule has 0 bridgehead atoms. The van der Waals surface area contributed by atoms with Crippen LogP contribution in [0, 0.1) is 0 Å². The van der Waals surface area contributed by atoms with Gasteiger partial charge < -0.3 is 4.74 Å². The third-order valence-electron chi connectivity index (χ3n) is 4.69. The smallest absolute Gasteiger partial charge is 0.338 e. The van der Waals surface area contributed by atoms with E-state index in [1.54, 1.807) is 11.6 Å². The van der Waals surface area contributed by atoms with Gasteiger partial charge in [0, 0.05) is 11.3 Å². The Morgan fingerprint density at radius 1 is 0.938 bits per heavy atom. The summed E-state index contributed by atoms with van der Waals surface area (Å²) in [5.74, 6) is -0.461. The minimum atomic E-state index is -3.97. The summed E-state index contributed by atoms with van der Waals surface area (Å²) in [5, 5.41) is 4.55. The number of esters is 1. The Bertz CT molecular complexity index is 1320. The third kappa shape index (κ3) is 4.55. The second-order valence-electron chi connectivity index (χ2n) is 6.89. The maximum Gasteiger partial charge on any atom is 0.338 e. The van der Waals surface area contributed by atoms with Gasteiger partial charge in [-0.25, -0.2) is 17.9 Å². The lowest BCUT2D eigenvalue weighted by atomic mass is 10.2. The molecule has 0 aliphatic heterocycles. The van der Waals surface area contributed by atoms with E-state index < -0.39 is 16.0 Å². The molecule has 1 heterocycles. The summed E-state index contributed by atoms with van der Waals surface area (Å²) >= 11 is 0. The van der Waals surface area contributed by atoms with E-state index in [1.165, 1.54) is 30.5 Å². The van der Waals surface area contributed by atoms with E-state index in [4.69, 9.17) is 4.74 Å². The summed E-state index contributed by atoms with van der Waals surface area (Å²) in [7, 11) is -3.97. The number of benzene rings is 3. The molecule has 4 rings (SSSR count). The summed E-state index contributed by atoms with van der Waals surface area (Å²) in [6, 6.07) is 24.5. The molecule has 4 aromatic rings. The van der Waals surface area contributed by atoms with Crippen molar-refractivity contribution in [2.45, 2.75) is 11.8 Å². The van der Waals surface area contributed by atoms with Gasteiger partial charge in [0.1, 0.15) is 10.6 Å². The van der Waals surface area contributed by atoms with Gasteiger partial charge in [-0.05, 0) is 43.3 Å². The van der Waals surface area contributed by atoms with Gasteiger partial charge >= 0.3 is 5.97 Å². The van der Waals surface area contributed by atoms with Crippen LogP contribution in [0.3, 0.4) is 0 Å². The quantitative estimate of drug-likeness (QED) is 0.421. The van der Waals surface area contributed by atoms with Crippen LogP contribution in [0.1, 0.15) is 17.3 Å². The van der Waals surface area contributed by atoms with Crippen LogP contribution >= 0.6 is 0 Å². The molecule has 8 heteroatoms. The first-order chi connectivity index (χ1) is 15.5. The monoisotopic (exact) mass is 447 g/mol. The maximum atomic E-state index is 13.3. The molecule has 0 saturated carbocycles. The number of hydrogen-bond acceptors (Lipinski definition) is 5. The molecule has 0 unspecified atom stereocenters. The number of ether oxygens (including phenoxy) is 1. The van der Waals surface area contributed by atoms with Crippen LogP contribution in [0.15, 0.2) is 96.0 Å². The molecule has 0 saturated heterocycles. The average molecular weight is 448 g/mol. The van der Waals surface area contributed by atoms with Gasteiger partial charge in [0.15, 0.2) is 0 Å². The van der Waals surface area contributed by atoms with Crippen LogP contribution in [0.4, 0.5) is 5.69 Å². The number of carbonyl (C=O) groups excluding carboxylic acids is 1. The molecule has 162 valence electrons. The molecule has 0 aliphatic rings. The Morgan fingerprint density at radius 3 is 2.19 bits per heavy atom. The van der Waals surface area contributed by atoms with Crippen LogP contribution in [0.2, 0.25) is 0 Å². The highest BCUT2D eigenvalue weighted by Crippen LogP contribution is 2.29. The molecule has 0 aliphatic carbocycles. The van der Waals surface area contributed by atoms with Crippen molar-refractivity contribution >= 4 is 21.7 Å². The van der Waals surface area contributed by atoms with Crippen molar-refractivity contribution in [1.82, 2.24) is 9.78 Å². The van der Waals surface area contributed by atoms with E-state index >= 15 is 0 Å². The zero-order valence-electron chi connectivity index (χ0n) is 17.3. The van der Waals surface area contributed by atoms with Crippen LogP contribution < -0.4 is 4.72 Å². The summed E-state index contributed by atoms with van der Waals surface area (Å²) in [4.78, 5) is 11.9. The number of rotatable bonds is 7. The molecule has 0 radical (unpaired) electrons. The van der Waals surface area contributed by atoms with E-state index in [-0.39, 0.29) is 11.5 Å². The first kappa shape index (κ1) is 21.3. The van der Waals surface area contributed by atoms with Gasteiger partial charge in [0.25, 0.3) is 10.0 Å². The fourth-order valence-corrected chi connectivity index (χ4v) is 4.37. The number of sulfonamides is 1. The number of nitrogens with one attached hydrogen (secondary N) is 1. The standard InChI is InChI=1S/C24H21N3O4S/c1-2-31-24(28)19-13-15-20(16-14-19)26-32(29,30)22-17-27(21-11-7-4-8-12-21)25-23(22)18-9-5-3-6-10-18/h3-17,26H,2H2,1H3. The molecule has 0 spiro atoms. The number of para-hydroxylation sites is 1. The van der Waals surface area contributed by atoms with E-state index in [9.17, 15) is 13.2 Å². The number of hydrogen-bond donors (Lipinski definition) is 1. The molecule has 3 aromatic carbocycles. The molecule has 0 fully saturated rings. The van der Waals surface area contributed by atoms with Gasteiger partial charge in [-0.2, -0.15) is 5.10 Å². The van der Waals surface area contributed by atoms with Crippen molar-refractivity contribution in [1.29, 1.82) is 0 Å². The number of anilines is 1. The Balaban J connectivity index is 1.71. The lowest BCUT2D eigenvalue weighted by Crippen LogP contribution is -2.13. The zero-order valence-corrected chi connectivity index (χ0v) is 18.1. The Hall–Kier alpha value is -3.91. The molecular weight excluding hydrogens is 426 g/mol. The molecule has 0 atom stereocenters. The maximum absolute atomic E-state index is 13.3. The largest absolute Gasteiger partial charge is 0.462 e. The minimum Gasteiger partial charge on any atom is -0.462 e. The summed E-state index contributed by atoms with van der Waals surface area (Å²) in [6.45, 7) is 1.99. The summed E-state index contributed by atoms with van der Waals surface area (Å²) in [6.07, 6.45) is 1.49. The van der Waals surface area contributed by atoms with Crippen molar-refractivity contribution in [3.8, 4) is 16.9 Å². The van der Waals surface area contributed by atoms with Crippen molar-refractivity contribution in [3.63, 3.8) is 0 Å². The second-order valence-corrected chi connectivity index (χ2v) is 8.54. The first-order valence-corrected chi connectivity index (χ1v) is 11.5. The Kier molecular flexibility index (Phi) is 6.04. The molecule has 7 nitrogen and oxygen atoms in total. The molecule has 1 N–H and O–H groups in total.